The summed E-state index contributed by atoms with van der Waals surface area (Å²) in [4.78, 5) is 24.1. The van der Waals surface area contributed by atoms with Gasteiger partial charge in [0, 0.05) is 6.42 Å². The van der Waals surface area contributed by atoms with E-state index in [-0.39, 0.29) is 24.0 Å². The molecule has 0 aromatic heterocycles. The molecule has 0 heterocycles. The Hall–Kier alpha value is -1.33. The summed E-state index contributed by atoms with van der Waals surface area (Å²) >= 11 is 0. The zero-order chi connectivity index (χ0) is 21.2. The first-order chi connectivity index (χ1) is 13.5. The lowest BCUT2D eigenvalue weighted by molar-refractivity contribution is -0.175. The van der Waals surface area contributed by atoms with E-state index in [1.165, 1.54) is 25.7 Å². The van der Waals surface area contributed by atoms with Crippen LogP contribution in [0.5, 0.6) is 0 Å². The molecule has 4 rings (SSSR count). The van der Waals surface area contributed by atoms with Crippen molar-refractivity contribution in [3.8, 4) is 0 Å². The molecule has 3 fully saturated rings. The van der Waals surface area contributed by atoms with E-state index in [1.807, 2.05) is 5.32 Å². The predicted octanol–water partition coefficient (Wildman–Crippen LogP) is 5.20. The summed E-state index contributed by atoms with van der Waals surface area (Å²) in [5.41, 5.74) is 1.20. The van der Waals surface area contributed by atoms with Crippen molar-refractivity contribution in [3.05, 3.63) is 11.6 Å². The summed E-state index contributed by atoms with van der Waals surface area (Å²) in [6, 6.07) is -1.05. The van der Waals surface area contributed by atoms with Crippen LogP contribution in [0.25, 0.3) is 0 Å². The fraction of sp³-hybridized carbons (Fsp3) is 0.826. The number of ketones is 1. The normalized spacial score (nSPS) is 44.4. The molecule has 3 nitrogen and oxygen atoms in total. The monoisotopic (exact) mass is 411 g/mol. The van der Waals surface area contributed by atoms with Crippen molar-refractivity contribution in [1.29, 1.82) is 0 Å². The summed E-state index contributed by atoms with van der Waals surface area (Å²) < 4.78 is 37.9. The van der Waals surface area contributed by atoms with Crippen LogP contribution in [0.1, 0.15) is 72.1 Å². The lowest BCUT2D eigenvalue weighted by Crippen LogP contribution is -2.55. The molecule has 29 heavy (non-hydrogen) atoms. The van der Waals surface area contributed by atoms with Gasteiger partial charge in [-0.25, -0.2) is 0 Å². The second-order valence-corrected chi connectivity index (χ2v) is 10.4. The zero-order valence-corrected chi connectivity index (χ0v) is 17.6. The molecule has 1 unspecified atom stereocenters. The molecule has 162 valence electrons. The highest BCUT2D eigenvalue weighted by Crippen LogP contribution is 2.66. The van der Waals surface area contributed by atoms with Gasteiger partial charge in [0.15, 0.2) is 5.78 Å². The van der Waals surface area contributed by atoms with Crippen molar-refractivity contribution in [2.24, 2.45) is 34.5 Å². The molecule has 0 saturated heterocycles. The number of rotatable bonds is 2. The Kier molecular flexibility index (Phi) is 4.94. The maximum Gasteiger partial charge on any atom is 0.471 e. The molecule has 0 bridgehead atoms. The maximum atomic E-state index is 12.8. The van der Waals surface area contributed by atoms with Gasteiger partial charge in [0.2, 0.25) is 0 Å². The van der Waals surface area contributed by atoms with Gasteiger partial charge in [-0.2, -0.15) is 13.2 Å². The summed E-state index contributed by atoms with van der Waals surface area (Å²) in [6.07, 6.45) is 4.71. The maximum absolute atomic E-state index is 12.8. The van der Waals surface area contributed by atoms with E-state index in [1.54, 1.807) is 0 Å². The van der Waals surface area contributed by atoms with Crippen molar-refractivity contribution in [2.45, 2.75) is 84.4 Å². The number of allylic oxidation sites excluding steroid dienone is 1. The Labute approximate surface area is 170 Å². The number of alkyl halides is 3. The molecule has 4 aliphatic carbocycles. The largest absolute Gasteiger partial charge is 0.471 e. The van der Waals surface area contributed by atoms with Gasteiger partial charge < -0.3 is 5.32 Å². The number of amides is 1. The fourth-order valence-corrected chi connectivity index (χ4v) is 7.69. The molecule has 0 radical (unpaired) electrons. The standard InChI is InChI=1S/C23H32F3NO2/c1-4-13-6-8-16-15-7-5-14-11-18(27-20(29)23(24,25)26)19(28)12-22(14,3)17(15)9-10-21(13,16)2/h5,13,15-18H,4,6-12H2,1-3H3,(H,27,29)/t13-,15-,16-,17-,18?,21+,22-/m0/s1. The molecular formula is C23H32F3NO2. The highest BCUT2D eigenvalue weighted by atomic mass is 19.4. The van der Waals surface area contributed by atoms with Crippen molar-refractivity contribution in [2.75, 3.05) is 0 Å². The SMILES string of the molecule is CC[C@H]1CC[C@H]2[C@@H]3CC=C4CC(NC(=O)C(F)(F)F)C(=O)C[C@]4(C)[C@H]3CC[C@]12C. The van der Waals surface area contributed by atoms with Crippen LogP contribution in [-0.2, 0) is 9.59 Å². The quantitative estimate of drug-likeness (QED) is 0.635. The molecule has 0 spiro atoms. The van der Waals surface area contributed by atoms with Crippen LogP contribution >= 0.6 is 0 Å². The van der Waals surface area contributed by atoms with E-state index in [0.29, 0.717) is 23.2 Å². The number of fused-ring (bicyclic) bond motifs is 5. The third-order valence-corrected chi connectivity index (χ3v) is 9.23. The average molecular weight is 412 g/mol. The van der Waals surface area contributed by atoms with Gasteiger partial charge in [0.1, 0.15) is 0 Å². The molecule has 0 aliphatic heterocycles. The first-order valence-electron chi connectivity index (χ1n) is 11.1. The second kappa shape index (κ2) is 6.84. The Morgan fingerprint density at radius 1 is 1.21 bits per heavy atom. The molecule has 0 aromatic rings. The third kappa shape index (κ3) is 3.16. The van der Waals surface area contributed by atoms with Gasteiger partial charge in [-0.3, -0.25) is 9.59 Å². The molecule has 6 heteroatoms. The van der Waals surface area contributed by atoms with Gasteiger partial charge in [-0.1, -0.05) is 38.8 Å². The molecule has 0 aromatic carbocycles. The number of halogens is 3. The fourth-order valence-electron chi connectivity index (χ4n) is 7.69. The van der Waals surface area contributed by atoms with Crippen LogP contribution in [0.3, 0.4) is 0 Å². The van der Waals surface area contributed by atoms with Gasteiger partial charge in [-0.05, 0) is 73.0 Å². The van der Waals surface area contributed by atoms with E-state index >= 15 is 0 Å². The van der Waals surface area contributed by atoms with Crippen molar-refractivity contribution in [1.82, 2.24) is 5.32 Å². The van der Waals surface area contributed by atoms with Crippen LogP contribution in [0, 0.1) is 34.5 Å². The first-order valence-corrected chi connectivity index (χ1v) is 11.1. The average Bonchev–Trinajstić information content (AvgIpc) is 2.98. The molecule has 1 amide bonds. The number of carbonyl (C=O) groups is 2. The van der Waals surface area contributed by atoms with E-state index in [0.717, 1.165) is 24.3 Å². The van der Waals surface area contributed by atoms with Crippen LogP contribution in [0.2, 0.25) is 0 Å². The second-order valence-electron chi connectivity index (χ2n) is 10.4. The minimum Gasteiger partial charge on any atom is -0.338 e. The van der Waals surface area contributed by atoms with Gasteiger partial charge in [0.05, 0.1) is 6.04 Å². The Balaban J connectivity index is 1.57. The predicted molar refractivity (Wildman–Crippen MR) is 104 cm³/mol. The highest BCUT2D eigenvalue weighted by molar-refractivity contribution is 5.92. The molecular weight excluding hydrogens is 379 g/mol. The summed E-state index contributed by atoms with van der Waals surface area (Å²) in [5, 5.41) is 1.93. The summed E-state index contributed by atoms with van der Waals surface area (Å²) in [6.45, 7) is 6.90. The Bertz CT molecular complexity index is 745. The minimum atomic E-state index is -4.96. The van der Waals surface area contributed by atoms with Crippen LogP contribution in [0.15, 0.2) is 11.6 Å². The van der Waals surface area contributed by atoms with E-state index in [4.69, 9.17) is 0 Å². The number of Topliss-reactive ketones (excluding diaryl/α,β-unsaturated/α-hetero) is 1. The smallest absolute Gasteiger partial charge is 0.338 e. The topological polar surface area (TPSA) is 46.2 Å². The lowest BCUT2D eigenvalue weighted by atomic mass is 9.47. The number of hydrogen-bond donors (Lipinski definition) is 1. The number of hydrogen-bond acceptors (Lipinski definition) is 2. The van der Waals surface area contributed by atoms with Gasteiger partial charge >= 0.3 is 12.1 Å². The van der Waals surface area contributed by atoms with Crippen LogP contribution in [-0.4, -0.2) is 23.9 Å². The molecule has 1 N–H and O–H groups in total. The van der Waals surface area contributed by atoms with Crippen molar-refractivity contribution < 1.29 is 22.8 Å². The number of carbonyl (C=O) groups excluding carboxylic acids is 2. The van der Waals surface area contributed by atoms with E-state index in [2.05, 4.69) is 26.8 Å². The summed E-state index contributed by atoms with van der Waals surface area (Å²) in [7, 11) is 0. The third-order valence-electron chi connectivity index (χ3n) is 9.23. The highest BCUT2D eigenvalue weighted by Gasteiger charge is 2.59. The Morgan fingerprint density at radius 2 is 1.93 bits per heavy atom. The molecule has 4 aliphatic rings. The first kappa shape index (κ1) is 20.9. The van der Waals surface area contributed by atoms with Crippen LogP contribution < -0.4 is 5.32 Å². The van der Waals surface area contributed by atoms with Crippen molar-refractivity contribution >= 4 is 11.7 Å². The number of nitrogens with one attached hydrogen (secondary N) is 1. The van der Waals surface area contributed by atoms with E-state index < -0.39 is 18.1 Å². The Morgan fingerprint density at radius 3 is 2.59 bits per heavy atom. The van der Waals surface area contributed by atoms with Crippen molar-refractivity contribution in [3.63, 3.8) is 0 Å². The van der Waals surface area contributed by atoms with Gasteiger partial charge in [-0.15, -0.1) is 0 Å². The molecule has 3 saturated carbocycles. The van der Waals surface area contributed by atoms with E-state index in [9.17, 15) is 22.8 Å². The minimum absolute atomic E-state index is 0.222. The molecule has 7 atom stereocenters. The van der Waals surface area contributed by atoms with Crippen LogP contribution in [0.4, 0.5) is 13.2 Å². The zero-order valence-electron chi connectivity index (χ0n) is 17.6. The van der Waals surface area contributed by atoms with Gasteiger partial charge in [0.25, 0.3) is 0 Å². The summed E-state index contributed by atoms with van der Waals surface area (Å²) in [5.74, 6) is 0.167. The lowest BCUT2D eigenvalue weighted by Gasteiger charge is -2.58.